The van der Waals surface area contributed by atoms with Crippen LogP contribution < -0.4 is 4.90 Å². The van der Waals surface area contributed by atoms with Gasteiger partial charge in [-0.1, -0.05) is 13.8 Å². The lowest BCUT2D eigenvalue weighted by Gasteiger charge is -2.32. The molecule has 82 valence electrons. The molecule has 0 radical (unpaired) electrons. The van der Waals surface area contributed by atoms with Gasteiger partial charge in [-0.3, -0.25) is 0 Å². The van der Waals surface area contributed by atoms with Crippen molar-refractivity contribution in [3.8, 4) is 0 Å². The Morgan fingerprint density at radius 2 is 2.20 bits per heavy atom. The smallest absolute Gasteiger partial charge is 0.123 e. The van der Waals surface area contributed by atoms with Crippen molar-refractivity contribution in [2.45, 2.75) is 26.7 Å². The van der Waals surface area contributed by atoms with E-state index in [0.717, 1.165) is 25.9 Å². The van der Waals surface area contributed by atoms with Gasteiger partial charge in [0, 0.05) is 18.8 Å². The van der Waals surface area contributed by atoms with Gasteiger partial charge in [-0.05, 0) is 42.5 Å². The van der Waals surface area contributed by atoms with E-state index in [1.165, 1.54) is 11.3 Å². The Morgan fingerprint density at radius 1 is 1.40 bits per heavy atom. The van der Waals surface area contributed by atoms with Crippen molar-refractivity contribution in [1.82, 2.24) is 0 Å². The molecule has 1 nitrogen and oxygen atoms in total. The van der Waals surface area contributed by atoms with E-state index in [2.05, 4.69) is 18.7 Å². The Morgan fingerprint density at radius 3 is 2.93 bits per heavy atom. The Labute approximate surface area is 90.9 Å². The largest absolute Gasteiger partial charge is 0.371 e. The Hall–Kier alpha value is -1.05. The van der Waals surface area contributed by atoms with Gasteiger partial charge in [0.1, 0.15) is 5.82 Å². The summed E-state index contributed by atoms with van der Waals surface area (Å²) in [6, 6.07) is 5.17. The molecule has 1 heterocycles. The maximum absolute atomic E-state index is 13.1. The molecule has 0 unspecified atom stereocenters. The molecule has 15 heavy (non-hydrogen) atoms. The van der Waals surface area contributed by atoms with E-state index < -0.39 is 0 Å². The number of nitrogens with zero attached hydrogens (tertiary/aromatic N) is 1. The van der Waals surface area contributed by atoms with Crippen molar-refractivity contribution < 1.29 is 4.39 Å². The van der Waals surface area contributed by atoms with Crippen LogP contribution in [0.25, 0.3) is 0 Å². The van der Waals surface area contributed by atoms with Gasteiger partial charge < -0.3 is 4.90 Å². The molecule has 0 fully saturated rings. The van der Waals surface area contributed by atoms with E-state index in [4.69, 9.17) is 0 Å². The fraction of sp³-hybridized carbons (Fsp3) is 0.538. The molecule has 0 aliphatic carbocycles. The highest BCUT2D eigenvalue weighted by atomic mass is 19.1. The second-order valence-electron chi connectivity index (χ2n) is 4.72. The van der Waals surface area contributed by atoms with Crippen LogP contribution in [0.5, 0.6) is 0 Å². The second-order valence-corrected chi connectivity index (χ2v) is 4.72. The number of fused-ring (bicyclic) bond motifs is 1. The minimum absolute atomic E-state index is 0.111. The van der Waals surface area contributed by atoms with Crippen LogP contribution in [0.15, 0.2) is 18.2 Å². The third-order valence-corrected chi connectivity index (χ3v) is 2.84. The first kappa shape index (κ1) is 10.5. The minimum atomic E-state index is -0.111. The Balaban J connectivity index is 2.26. The van der Waals surface area contributed by atoms with Crippen LogP contribution in [-0.4, -0.2) is 13.1 Å². The fourth-order valence-corrected chi connectivity index (χ4v) is 2.27. The van der Waals surface area contributed by atoms with Gasteiger partial charge >= 0.3 is 0 Å². The molecule has 1 aromatic rings. The van der Waals surface area contributed by atoms with Crippen LogP contribution >= 0.6 is 0 Å². The summed E-state index contributed by atoms with van der Waals surface area (Å²) in [6.45, 7) is 6.62. The molecular weight excluding hydrogens is 189 g/mol. The number of hydrogen-bond acceptors (Lipinski definition) is 1. The van der Waals surface area contributed by atoms with Crippen molar-refractivity contribution in [1.29, 1.82) is 0 Å². The van der Waals surface area contributed by atoms with Crippen LogP contribution in [0.3, 0.4) is 0 Å². The summed E-state index contributed by atoms with van der Waals surface area (Å²) >= 11 is 0. The van der Waals surface area contributed by atoms with E-state index in [9.17, 15) is 4.39 Å². The van der Waals surface area contributed by atoms with Gasteiger partial charge in [0.25, 0.3) is 0 Å². The van der Waals surface area contributed by atoms with Crippen molar-refractivity contribution >= 4 is 5.69 Å². The van der Waals surface area contributed by atoms with Crippen LogP contribution in [0.4, 0.5) is 10.1 Å². The number of hydrogen-bond donors (Lipinski definition) is 0. The first-order valence-electron chi connectivity index (χ1n) is 5.70. The average molecular weight is 207 g/mol. The van der Waals surface area contributed by atoms with E-state index in [1.807, 2.05) is 6.07 Å². The molecular formula is C13H18FN. The number of anilines is 1. The van der Waals surface area contributed by atoms with Gasteiger partial charge in [-0.15, -0.1) is 0 Å². The molecule has 1 aliphatic heterocycles. The van der Waals surface area contributed by atoms with E-state index in [-0.39, 0.29) is 5.82 Å². The summed E-state index contributed by atoms with van der Waals surface area (Å²) in [6.07, 6.45) is 2.16. The van der Waals surface area contributed by atoms with Gasteiger partial charge in [-0.25, -0.2) is 4.39 Å². The SMILES string of the molecule is CC(C)CN1CCCc2cc(F)ccc21. The zero-order valence-corrected chi connectivity index (χ0v) is 9.46. The summed E-state index contributed by atoms with van der Waals surface area (Å²) in [7, 11) is 0. The van der Waals surface area contributed by atoms with E-state index >= 15 is 0 Å². The first-order chi connectivity index (χ1) is 7.16. The number of rotatable bonds is 2. The topological polar surface area (TPSA) is 3.24 Å². The second kappa shape index (κ2) is 4.21. The van der Waals surface area contributed by atoms with Crippen molar-refractivity contribution in [2.75, 3.05) is 18.0 Å². The van der Waals surface area contributed by atoms with Crippen molar-refractivity contribution in [2.24, 2.45) is 5.92 Å². The highest BCUT2D eigenvalue weighted by Gasteiger charge is 2.17. The van der Waals surface area contributed by atoms with Crippen LogP contribution in [0, 0.1) is 11.7 Å². The standard InChI is InChI=1S/C13H18FN/c1-10(2)9-15-7-3-4-11-8-12(14)5-6-13(11)15/h5-6,8,10H,3-4,7,9H2,1-2H3. The highest BCUT2D eigenvalue weighted by Crippen LogP contribution is 2.28. The molecule has 0 spiro atoms. The monoisotopic (exact) mass is 207 g/mol. The van der Waals surface area contributed by atoms with Crippen LogP contribution in [0.1, 0.15) is 25.8 Å². The summed E-state index contributed by atoms with van der Waals surface area (Å²) in [5.41, 5.74) is 2.40. The van der Waals surface area contributed by atoms with Crippen LogP contribution in [0.2, 0.25) is 0 Å². The number of aryl methyl sites for hydroxylation is 1. The zero-order chi connectivity index (χ0) is 10.8. The molecule has 2 rings (SSSR count). The lowest BCUT2D eigenvalue weighted by atomic mass is 10.0. The van der Waals surface area contributed by atoms with Crippen molar-refractivity contribution in [3.05, 3.63) is 29.6 Å². The van der Waals surface area contributed by atoms with Crippen molar-refractivity contribution in [3.63, 3.8) is 0 Å². The third kappa shape index (κ3) is 2.31. The third-order valence-electron chi connectivity index (χ3n) is 2.84. The number of benzene rings is 1. The minimum Gasteiger partial charge on any atom is -0.371 e. The van der Waals surface area contributed by atoms with E-state index in [1.54, 1.807) is 12.1 Å². The Kier molecular flexibility index (Phi) is 2.94. The summed E-state index contributed by atoms with van der Waals surface area (Å²) in [5, 5.41) is 0. The highest BCUT2D eigenvalue weighted by molar-refractivity contribution is 5.55. The van der Waals surface area contributed by atoms with Crippen LogP contribution in [-0.2, 0) is 6.42 Å². The lowest BCUT2D eigenvalue weighted by Crippen LogP contribution is -2.32. The quantitative estimate of drug-likeness (QED) is 0.719. The lowest BCUT2D eigenvalue weighted by molar-refractivity contribution is 0.579. The summed E-state index contributed by atoms with van der Waals surface area (Å²) < 4.78 is 13.1. The van der Waals surface area contributed by atoms with Gasteiger partial charge in [0.15, 0.2) is 0 Å². The predicted molar refractivity (Wildman–Crippen MR) is 61.8 cm³/mol. The fourth-order valence-electron chi connectivity index (χ4n) is 2.27. The molecule has 0 amide bonds. The molecule has 0 atom stereocenters. The molecule has 1 aromatic carbocycles. The molecule has 0 saturated carbocycles. The molecule has 2 heteroatoms. The summed E-state index contributed by atoms with van der Waals surface area (Å²) in [4.78, 5) is 2.38. The number of halogens is 1. The first-order valence-corrected chi connectivity index (χ1v) is 5.70. The molecule has 0 bridgehead atoms. The van der Waals surface area contributed by atoms with E-state index in [0.29, 0.717) is 5.92 Å². The van der Waals surface area contributed by atoms with Gasteiger partial charge in [0.2, 0.25) is 0 Å². The molecule has 0 saturated heterocycles. The van der Waals surface area contributed by atoms with Gasteiger partial charge in [0.05, 0.1) is 0 Å². The average Bonchev–Trinajstić information content (AvgIpc) is 2.16. The maximum atomic E-state index is 13.1. The summed E-state index contributed by atoms with van der Waals surface area (Å²) in [5.74, 6) is 0.543. The van der Waals surface area contributed by atoms with Gasteiger partial charge in [-0.2, -0.15) is 0 Å². The molecule has 0 N–H and O–H groups in total. The normalized spacial score (nSPS) is 15.6. The predicted octanol–water partition coefficient (Wildman–Crippen LogP) is 3.23. The maximum Gasteiger partial charge on any atom is 0.123 e. The molecule has 1 aliphatic rings. The zero-order valence-electron chi connectivity index (χ0n) is 9.46. The Bertz CT molecular complexity index is 346. The molecule has 0 aromatic heterocycles.